The highest BCUT2D eigenvalue weighted by atomic mass is 16.5. The Labute approximate surface area is 179 Å². The summed E-state index contributed by atoms with van der Waals surface area (Å²) >= 11 is 0. The molecule has 0 bridgehead atoms. The van der Waals surface area contributed by atoms with Crippen molar-refractivity contribution in [3.05, 3.63) is 77.4 Å². The minimum atomic E-state index is -0.342. The largest absolute Gasteiger partial charge is 0.458 e. The Hall–Kier alpha value is -3.21. The van der Waals surface area contributed by atoms with E-state index in [1.165, 1.54) is 11.1 Å². The van der Waals surface area contributed by atoms with Crippen molar-refractivity contribution in [1.29, 1.82) is 0 Å². The van der Waals surface area contributed by atoms with Gasteiger partial charge >= 0.3 is 5.97 Å². The van der Waals surface area contributed by atoms with E-state index in [1.54, 1.807) is 24.3 Å². The predicted molar refractivity (Wildman–Crippen MR) is 124 cm³/mol. The molecule has 158 valence electrons. The molecule has 2 aromatic carbocycles. The minimum absolute atomic E-state index is 0.282. The first-order valence-corrected chi connectivity index (χ1v) is 10.1. The Bertz CT molecular complexity index is 904. The molecule has 2 rings (SSSR count). The number of azo groups is 1. The van der Waals surface area contributed by atoms with Gasteiger partial charge in [0.2, 0.25) is 0 Å². The molecule has 30 heavy (non-hydrogen) atoms. The number of carbonyl (C=O) groups excluding carboxylic acids is 1. The van der Waals surface area contributed by atoms with Crippen LogP contribution in [0.15, 0.2) is 82.1 Å². The molecule has 0 saturated carbocycles. The second-order valence-electron chi connectivity index (χ2n) is 7.63. The number of anilines is 1. The summed E-state index contributed by atoms with van der Waals surface area (Å²) in [5.74, 6) is -0.342. The van der Waals surface area contributed by atoms with Gasteiger partial charge in [-0.3, -0.25) is 0 Å². The molecule has 0 aliphatic carbocycles. The SMILES string of the molecule is CC(C)=CCC/C(C)=C/COC(=O)c1ccc(N=Nc2ccc(N(C)C)cc2)cc1. The van der Waals surface area contributed by atoms with Crippen LogP contribution in [0.4, 0.5) is 17.1 Å². The lowest BCUT2D eigenvalue weighted by Crippen LogP contribution is -2.07. The van der Waals surface area contributed by atoms with Crippen molar-refractivity contribution in [3.63, 3.8) is 0 Å². The third kappa shape index (κ3) is 8.03. The van der Waals surface area contributed by atoms with Gasteiger partial charge in [-0.1, -0.05) is 17.2 Å². The zero-order valence-electron chi connectivity index (χ0n) is 18.6. The minimum Gasteiger partial charge on any atom is -0.458 e. The van der Waals surface area contributed by atoms with Crippen molar-refractivity contribution in [3.8, 4) is 0 Å². The fourth-order valence-electron chi connectivity index (χ4n) is 2.63. The van der Waals surface area contributed by atoms with E-state index in [4.69, 9.17) is 4.74 Å². The van der Waals surface area contributed by atoms with E-state index in [0.29, 0.717) is 11.3 Å². The number of nitrogens with zero attached hydrogens (tertiary/aromatic N) is 3. The zero-order valence-corrected chi connectivity index (χ0v) is 18.6. The van der Waals surface area contributed by atoms with Gasteiger partial charge in [0.05, 0.1) is 16.9 Å². The van der Waals surface area contributed by atoms with Crippen LogP contribution in [0.3, 0.4) is 0 Å². The molecule has 0 saturated heterocycles. The average molecular weight is 406 g/mol. The molecule has 5 heteroatoms. The topological polar surface area (TPSA) is 54.3 Å². The van der Waals surface area contributed by atoms with Gasteiger partial charge in [-0.25, -0.2) is 4.79 Å². The molecule has 0 radical (unpaired) electrons. The normalized spacial score (nSPS) is 11.4. The number of hydrogen-bond acceptors (Lipinski definition) is 5. The lowest BCUT2D eigenvalue weighted by molar-refractivity contribution is 0.0549. The van der Waals surface area contributed by atoms with Crippen LogP contribution in [-0.4, -0.2) is 26.7 Å². The number of rotatable bonds is 9. The fraction of sp³-hybridized carbons (Fsp3) is 0.320. The molecule has 0 spiro atoms. The molecule has 0 aliphatic rings. The number of benzene rings is 2. The smallest absolute Gasteiger partial charge is 0.338 e. The molecule has 0 unspecified atom stereocenters. The third-order valence-corrected chi connectivity index (χ3v) is 4.49. The van der Waals surface area contributed by atoms with E-state index in [2.05, 4.69) is 37.1 Å². The number of esters is 1. The van der Waals surface area contributed by atoms with Crippen molar-refractivity contribution in [2.75, 3.05) is 25.6 Å². The number of hydrogen-bond donors (Lipinski definition) is 0. The lowest BCUT2D eigenvalue weighted by Gasteiger charge is -2.11. The fourth-order valence-corrected chi connectivity index (χ4v) is 2.63. The van der Waals surface area contributed by atoms with E-state index in [-0.39, 0.29) is 12.6 Å². The van der Waals surface area contributed by atoms with Gasteiger partial charge in [-0.2, -0.15) is 10.2 Å². The molecule has 0 heterocycles. The van der Waals surface area contributed by atoms with E-state index in [1.807, 2.05) is 49.3 Å². The highest BCUT2D eigenvalue weighted by molar-refractivity contribution is 5.89. The highest BCUT2D eigenvalue weighted by Gasteiger charge is 2.06. The van der Waals surface area contributed by atoms with Gasteiger partial charge in [0.25, 0.3) is 0 Å². The molecule has 0 atom stereocenters. The lowest BCUT2D eigenvalue weighted by atomic mass is 10.1. The van der Waals surface area contributed by atoms with Crippen molar-refractivity contribution in [1.82, 2.24) is 0 Å². The van der Waals surface area contributed by atoms with Gasteiger partial charge in [0.1, 0.15) is 6.61 Å². The van der Waals surface area contributed by atoms with Gasteiger partial charge in [-0.05, 0) is 88.2 Å². The second kappa shape index (κ2) is 11.7. The van der Waals surface area contributed by atoms with Gasteiger partial charge in [0, 0.05) is 19.8 Å². The second-order valence-corrected chi connectivity index (χ2v) is 7.63. The Morgan fingerprint density at radius 2 is 1.47 bits per heavy atom. The van der Waals surface area contributed by atoms with Crippen LogP contribution in [0.25, 0.3) is 0 Å². The molecule has 0 N–H and O–H groups in total. The summed E-state index contributed by atoms with van der Waals surface area (Å²) in [4.78, 5) is 14.2. The molecule has 0 amide bonds. The monoisotopic (exact) mass is 405 g/mol. The van der Waals surface area contributed by atoms with E-state index in [9.17, 15) is 4.79 Å². The number of allylic oxidation sites excluding steroid dienone is 3. The Balaban J connectivity index is 1.85. The van der Waals surface area contributed by atoms with Crippen LogP contribution in [0.1, 0.15) is 44.0 Å². The predicted octanol–water partition coefficient (Wildman–Crippen LogP) is 7.02. The van der Waals surface area contributed by atoms with Crippen molar-refractivity contribution >= 4 is 23.0 Å². The van der Waals surface area contributed by atoms with Crippen LogP contribution in [0, 0.1) is 0 Å². The number of ether oxygens (including phenoxy) is 1. The Morgan fingerprint density at radius 3 is 2.00 bits per heavy atom. The molecule has 5 nitrogen and oxygen atoms in total. The maximum atomic E-state index is 12.2. The van der Waals surface area contributed by atoms with Crippen molar-refractivity contribution in [2.24, 2.45) is 10.2 Å². The maximum Gasteiger partial charge on any atom is 0.338 e. The van der Waals surface area contributed by atoms with E-state index in [0.717, 1.165) is 24.2 Å². The molecule has 0 aromatic heterocycles. The molecular weight excluding hydrogens is 374 g/mol. The molecule has 2 aromatic rings. The summed E-state index contributed by atoms with van der Waals surface area (Å²) in [5, 5.41) is 8.46. The van der Waals surface area contributed by atoms with Crippen molar-refractivity contribution in [2.45, 2.75) is 33.6 Å². The average Bonchev–Trinajstić information content (AvgIpc) is 2.72. The summed E-state index contributed by atoms with van der Waals surface area (Å²) in [5.41, 5.74) is 5.60. The zero-order chi connectivity index (χ0) is 21.9. The first-order chi connectivity index (χ1) is 14.3. The molecule has 0 aliphatic heterocycles. The van der Waals surface area contributed by atoms with Gasteiger partial charge < -0.3 is 9.64 Å². The standard InChI is InChI=1S/C25H31N3O2/c1-19(2)7-6-8-20(3)17-18-30-25(29)21-9-11-22(12-10-21)26-27-23-13-15-24(16-14-23)28(4)5/h7,9-17H,6,8,18H2,1-5H3/b20-17+,27-26?. The molecule has 0 fully saturated rings. The number of carbonyl (C=O) groups is 1. The maximum absolute atomic E-state index is 12.2. The molecular formula is C25H31N3O2. The van der Waals surface area contributed by atoms with Crippen LogP contribution in [0.5, 0.6) is 0 Å². The highest BCUT2D eigenvalue weighted by Crippen LogP contribution is 2.21. The van der Waals surface area contributed by atoms with Gasteiger partial charge in [-0.15, -0.1) is 0 Å². The summed E-state index contributed by atoms with van der Waals surface area (Å²) < 4.78 is 5.34. The third-order valence-electron chi connectivity index (χ3n) is 4.49. The van der Waals surface area contributed by atoms with Crippen LogP contribution < -0.4 is 4.90 Å². The van der Waals surface area contributed by atoms with Crippen LogP contribution in [-0.2, 0) is 4.74 Å². The summed E-state index contributed by atoms with van der Waals surface area (Å²) in [6, 6.07) is 14.7. The van der Waals surface area contributed by atoms with Gasteiger partial charge in [0.15, 0.2) is 0 Å². The Kier molecular flexibility index (Phi) is 9.01. The summed E-state index contributed by atoms with van der Waals surface area (Å²) in [7, 11) is 3.99. The van der Waals surface area contributed by atoms with Crippen LogP contribution >= 0.6 is 0 Å². The summed E-state index contributed by atoms with van der Waals surface area (Å²) in [6.07, 6.45) is 6.15. The first kappa shape index (κ1) is 23.1. The quantitative estimate of drug-likeness (QED) is 0.256. The van der Waals surface area contributed by atoms with Crippen molar-refractivity contribution < 1.29 is 9.53 Å². The van der Waals surface area contributed by atoms with E-state index < -0.39 is 0 Å². The summed E-state index contributed by atoms with van der Waals surface area (Å²) in [6.45, 7) is 6.52. The first-order valence-electron chi connectivity index (χ1n) is 10.1. The van der Waals surface area contributed by atoms with E-state index >= 15 is 0 Å². The van der Waals surface area contributed by atoms with Crippen LogP contribution in [0.2, 0.25) is 0 Å². The Morgan fingerprint density at radius 1 is 0.900 bits per heavy atom.